The number of benzene rings is 1. The predicted octanol–water partition coefficient (Wildman–Crippen LogP) is 4.38. The van der Waals surface area contributed by atoms with Gasteiger partial charge in [-0.25, -0.2) is 15.0 Å². The molecule has 5 heterocycles. The van der Waals surface area contributed by atoms with Crippen LogP contribution in [0.5, 0.6) is 11.6 Å². The number of piperidine rings is 1. The zero-order valence-corrected chi connectivity index (χ0v) is 22.8. The summed E-state index contributed by atoms with van der Waals surface area (Å²) >= 11 is 0. The van der Waals surface area contributed by atoms with E-state index in [4.69, 9.17) is 15.2 Å². The third kappa shape index (κ3) is 4.50. The van der Waals surface area contributed by atoms with Crippen LogP contribution >= 0.6 is 0 Å². The summed E-state index contributed by atoms with van der Waals surface area (Å²) in [7, 11) is 0. The molecule has 0 bridgehead atoms. The van der Waals surface area contributed by atoms with Crippen molar-refractivity contribution in [3.63, 3.8) is 0 Å². The lowest BCUT2D eigenvalue weighted by molar-refractivity contribution is -0.125. The normalized spacial score (nSPS) is 22.7. The third-order valence-corrected chi connectivity index (χ3v) is 8.35. The Hall–Kier alpha value is -4.68. The molecule has 1 aliphatic carbocycles. The van der Waals surface area contributed by atoms with Crippen molar-refractivity contribution in [2.75, 3.05) is 32.0 Å². The first-order valence-electron chi connectivity index (χ1n) is 13.9. The molecule has 2 saturated heterocycles. The van der Waals surface area contributed by atoms with Gasteiger partial charge in [0.05, 0.1) is 18.0 Å². The van der Waals surface area contributed by atoms with Gasteiger partial charge >= 0.3 is 0 Å². The molecule has 1 amide bonds. The van der Waals surface area contributed by atoms with E-state index in [1.54, 1.807) is 0 Å². The maximum absolute atomic E-state index is 12.1. The average Bonchev–Trinajstić information content (AvgIpc) is 3.43. The Labute approximate surface area is 238 Å². The van der Waals surface area contributed by atoms with Gasteiger partial charge in [-0.1, -0.05) is 30.7 Å². The summed E-state index contributed by atoms with van der Waals surface area (Å²) in [5.41, 5.74) is 10.9. The number of aromatic nitrogens is 4. The van der Waals surface area contributed by atoms with Gasteiger partial charge in [-0.3, -0.25) is 4.79 Å². The van der Waals surface area contributed by atoms with Gasteiger partial charge in [-0.2, -0.15) is 0 Å². The van der Waals surface area contributed by atoms with Gasteiger partial charge < -0.3 is 24.7 Å². The first kappa shape index (κ1) is 25.3. The Morgan fingerprint density at radius 2 is 1.98 bits per heavy atom. The fourth-order valence-electron chi connectivity index (χ4n) is 6.23. The van der Waals surface area contributed by atoms with Gasteiger partial charge in [-0.05, 0) is 60.9 Å². The minimum Gasteiger partial charge on any atom is -0.439 e. The molecule has 3 fully saturated rings. The van der Waals surface area contributed by atoms with Crippen LogP contribution in [0.4, 0.5) is 5.82 Å². The number of ether oxygens (including phenoxy) is 2. The number of nitrogens with zero attached hydrogens (tertiary/aromatic N) is 5. The molecule has 9 nitrogen and oxygen atoms in total. The molecule has 1 saturated carbocycles. The average molecular weight is 547 g/mol. The third-order valence-electron chi connectivity index (χ3n) is 8.35. The van der Waals surface area contributed by atoms with Gasteiger partial charge in [0.1, 0.15) is 29.2 Å². The van der Waals surface area contributed by atoms with Crippen molar-refractivity contribution in [2.24, 2.45) is 17.8 Å². The lowest BCUT2D eigenvalue weighted by Gasteiger charge is -2.16. The Morgan fingerprint density at radius 3 is 2.68 bits per heavy atom. The van der Waals surface area contributed by atoms with E-state index in [1.807, 2.05) is 54.3 Å². The second kappa shape index (κ2) is 10.1. The molecule has 4 aromatic rings. The lowest BCUT2D eigenvalue weighted by atomic mass is 10.0. The molecular formula is C32H30N6O3. The molecule has 206 valence electrons. The molecule has 1 aromatic carbocycles. The molecule has 7 rings (SSSR count). The standard InChI is InChI=1S/C32H30N6O3/c1-3-28(39)37-15-24-23(25(24)16-37)11-12-26-29(20-7-9-22(10-8-20)41-27-6-4-5-19(2)36-27)30-31(33)34-18-35-32(30)38(26)21-13-14-40-17-21/h3-10,18,21,23-25H,1,13-17H2,2H3,(H2,33,34,35)/t21?,23-,24-,25+. The number of anilines is 1. The number of likely N-dealkylation sites (tertiary alicyclic amines) is 1. The fraction of sp³-hybridized carbons (Fsp3) is 0.312. The first-order chi connectivity index (χ1) is 20.0. The lowest BCUT2D eigenvalue weighted by Crippen LogP contribution is -2.29. The maximum atomic E-state index is 12.1. The number of hydrogen-bond donors (Lipinski definition) is 1. The Bertz CT molecular complexity index is 1720. The summed E-state index contributed by atoms with van der Waals surface area (Å²) in [5, 5.41) is 0.788. The van der Waals surface area contributed by atoms with Crippen molar-refractivity contribution < 1.29 is 14.3 Å². The number of fused-ring (bicyclic) bond motifs is 2. The summed E-state index contributed by atoms with van der Waals surface area (Å²) in [5.74, 6) is 9.80. The quantitative estimate of drug-likeness (QED) is 0.292. The summed E-state index contributed by atoms with van der Waals surface area (Å²) in [4.78, 5) is 27.4. The van der Waals surface area contributed by atoms with Crippen LogP contribution in [0.25, 0.3) is 22.2 Å². The van der Waals surface area contributed by atoms with Crippen LogP contribution in [-0.2, 0) is 9.53 Å². The van der Waals surface area contributed by atoms with E-state index < -0.39 is 0 Å². The predicted molar refractivity (Wildman–Crippen MR) is 155 cm³/mol. The minimum absolute atomic E-state index is 0.00721. The summed E-state index contributed by atoms with van der Waals surface area (Å²) < 4.78 is 14.0. The summed E-state index contributed by atoms with van der Waals surface area (Å²) in [6.07, 6.45) is 3.76. The van der Waals surface area contributed by atoms with E-state index in [2.05, 4.69) is 37.9 Å². The van der Waals surface area contributed by atoms with Crippen molar-refractivity contribution in [1.82, 2.24) is 24.4 Å². The van der Waals surface area contributed by atoms with Gasteiger partial charge in [0.15, 0.2) is 0 Å². The van der Waals surface area contributed by atoms with Gasteiger partial charge in [0.2, 0.25) is 11.8 Å². The highest BCUT2D eigenvalue weighted by Gasteiger charge is 2.55. The number of rotatable bonds is 5. The molecule has 41 heavy (non-hydrogen) atoms. The molecule has 2 aliphatic heterocycles. The smallest absolute Gasteiger partial charge is 0.245 e. The van der Waals surface area contributed by atoms with Crippen molar-refractivity contribution in [1.29, 1.82) is 0 Å². The van der Waals surface area contributed by atoms with Crippen molar-refractivity contribution in [3.05, 3.63) is 72.8 Å². The highest BCUT2D eigenvalue weighted by molar-refractivity contribution is 6.03. The number of amides is 1. The topological polar surface area (TPSA) is 108 Å². The van der Waals surface area contributed by atoms with E-state index in [9.17, 15) is 4.79 Å². The zero-order chi connectivity index (χ0) is 28.1. The van der Waals surface area contributed by atoms with Crippen LogP contribution in [0, 0.1) is 36.5 Å². The van der Waals surface area contributed by atoms with E-state index >= 15 is 0 Å². The number of nitrogen functional groups attached to an aromatic ring is 1. The molecule has 0 spiro atoms. The van der Waals surface area contributed by atoms with Crippen LogP contribution in [0.1, 0.15) is 23.9 Å². The maximum Gasteiger partial charge on any atom is 0.245 e. The number of carbonyl (C=O) groups excluding carboxylic acids is 1. The monoisotopic (exact) mass is 546 g/mol. The number of aryl methyl sites for hydroxylation is 1. The van der Waals surface area contributed by atoms with E-state index in [-0.39, 0.29) is 17.9 Å². The molecule has 0 radical (unpaired) electrons. The molecular weight excluding hydrogens is 516 g/mol. The largest absolute Gasteiger partial charge is 0.439 e. The van der Waals surface area contributed by atoms with Crippen LogP contribution in [0.15, 0.2) is 61.4 Å². The van der Waals surface area contributed by atoms with Gasteiger partial charge in [0, 0.05) is 42.9 Å². The number of pyridine rings is 1. The molecule has 9 heteroatoms. The first-order valence-corrected chi connectivity index (χ1v) is 13.9. The SMILES string of the molecule is C=CC(=O)N1C[C@@H]2[C@@H](C#Cc3c(-c4ccc(Oc5cccc(C)n5)cc4)c4c(N)ncnc4n3C3CCOC3)[C@@H]2C1. The van der Waals surface area contributed by atoms with Gasteiger partial charge in [-0.15, -0.1) is 0 Å². The number of nitrogens with two attached hydrogens (primary N) is 1. The molecule has 2 N–H and O–H groups in total. The van der Waals surface area contributed by atoms with Crippen LogP contribution in [0.3, 0.4) is 0 Å². The highest BCUT2D eigenvalue weighted by Crippen LogP contribution is 2.51. The fourth-order valence-corrected chi connectivity index (χ4v) is 6.23. The summed E-state index contributed by atoms with van der Waals surface area (Å²) in [6.45, 7) is 8.29. The Kier molecular flexibility index (Phi) is 6.20. The van der Waals surface area contributed by atoms with Gasteiger partial charge in [0.25, 0.3) is 0 Å². The highest BCUT2D eigenvalue weighted by atomic mass is 16.5. The second-order valence-corrected chi connectivity index (χ2v) is 10.9. The second-order valence-electron chi connectivity index (χ2n) is 10.9. The van der Waals surface area contributed by atoms with Crippen molar-refractivity contribution >= 4 is 22.8 Å². The van der Waals surface area contributed by atoms with E-state index in [0.29, 0.717) is 42.5 Å². The molecule has 4 atom stereocenters. The molecule has 1 unspecified atom stereocenters. The number of carbonyl (C=O) groups is 1. The van der Waals surface area contributed by atoms with E-state index in [0.717, 1.165) is 53.1 Å². The van der Waals surface area contributed by atoms with Crippen molar-refractivity contribution in [2.45, 2.75) is 19.4 Å². The molecule has 3 aliphatic rings. The number of hydrogen-bond acceptors (Lipinski definition) is 7. The Morgan fingerprint density at radius 1 is 1.17 bits per heavy atom. The minimum atomic E-state index is -0.00721. The Balaban J connectivity index is 1.29. The van der Waals surface area contributed by atoms with E-state index in [1.165, 1.54) is 12.4 Å². The zero-order valence-electron chi connectivity index (χ0n) is 22.8. The van der Waals surface area contributed by atoms with Crippen LogP contribution < -0.4 is 10.5 Å². The molecule has 3 aromatic heterocycles. The summed E-state index contributed by atoms with van der Waals surface area (Å²) in [6, 6.07) is 13.7. The van der Waals surface area contributed by atoms with Crippen LogP contribution in [-0.4, -0.2) is 56.6 Å². The van der Waals surface area contributed by atoms with Crippen LogP contribution in [0.2, 0.25) is 0 Å². The van der Waals surface area contributed by atoms with Crippen molar-refractivity contribution in [3.8, 4) is 34.6 Å².